The van der Waals surface area contributed by atoms with Gasteiger partial charge in [0.15, 0.2) is 0 Å². The van der Waals surface area contributed by atoms with Gasteiger partial charge in [-0.25, -0.2) is 13.4 Å². The maximum Gasteiger partial charge on any atom is 0.263 e. The molecule has 2 heterocycles. The monoisotopic (exact) mass is 423 g/mol. The van der Waals surface area contributed by atoms with E-state index in [1.807, 2.05) is 44.2 Å². The minimum atomic E-state index is -3.45. The smallest absolute Gasteiger partial charge is 0.263 e. The van der Waals surface area contributed by atoms with Gasteiger partial charge >= 0.3 is 0 Å². The van der Waals surface area contributed by atoms with Crippen molar-refractivity contribution in [1.29, 1.82) is 0 Å². The van der Waals surface area contributed by atoms with E-state index in [1.165, 1.54) is 15.6 Å². The van der Waals surface area contributed by atoms with Crippen LogP contribution in [0.25, 0.3) is 10.6 Å². The van der Waals surface area contributed by atoms with Gasteiger partial charge in [0, 0.05) is 25.2 Å². The van der Waals surface area contributed by atoms with E-state index < -0.39 is 10.0 Å². The number of carbonyl (C=O) groups excluding carboxylic acids is 1. The van der Waals surface area contributed by atoms with E-state index in [9.17, 15) is 13.2 Å². The fraction of sp³-hybridized carbons (Fsp3) is 0.474. The normalized spacial score (nSPS) is 20.8. The minimum absolute atomic E-state index is 0.0549. The predicted octanol–water partition coefficient (Wildman–Crippen LogP) is 2.29. The van der Waals surface area contributed by atoms with Gasteiger partial charge in [-0.15, -0.1) is 11.3 Å². The number of rotatable bonds is 6. The molecule has 0 aliphatic carbocycles. The zero-order chi connectivity index (χ0) is 20.3. The highest BCUT2D eigenvalue weighted by Crippen LogP contribution is 2.27. The summed E-state index contributed by atoms with van der Waals surface area (Å²) >= 11 is 1.31. The van der Waals surface area contributed by atoms with E-state index >= 15 is 0 Å². The third kappa shape index (κ3) is 4.96. The van der Waals surface area contributed by atoms with Crippen LogP contribution in [0.4, 0.5) is 0 Å². The Labute approximate surface area is 169 Å². The van der Waals surface area contributed by atoms with Crippen LogP contribution in [0.1, 0.15) is 29.2 Å². The number of carbonyl (C=O) groups is 1. The van der Waals surface area contributed by atoms with Crippen LogP contribution in [0.3, 0.4) is 0 Å². The number of ether oxygens (including phenoxy) is 1. The average Bonchev–Trinajstić information content (AvgIpc) is 3.03. The molecule has 1 aliphatic heterocycles. The molecule has 1 aromatic heterocycles. The van der Waals surface area contributed by atoms with Crippen LogP contribution in [0.15, 0.2) is 30.3 Å². The quantitative estimate of drug-likeness (QED) is 0.770. The highest BCUT2D eigenvalue weighted by atomic mass is 32.2. The second-order valence-electron chi connectivity index (χ2n) is 6.95. The van der Waals surface area contributed by atoms with Gasteiger partial charge in [0.05, 0.1) is 23.7 Å². The molecule has 1 amide bonds. The van der Waals surface area contributed by atoms with Gasteiger partial charge in [0.25, 0.3) is 5.91 Å². The molecule has 2 atom stereocenters. The average molecular weight is 424 g/mol. The Kier molecular flexibility index (Phi) is 6.49. The Balaban J connectivity index is 1.59. The van der Waals surface area contributed by atoms with Gasteiger partial charge in [0.1, 0.15) is 9.88 Å². The molecular formula is C19H25N3O4S2. The van der Waals surface area contributed by atoms with Gasteiger partial charge < -0.3 is 10.1 Å². The Morgan fingerprint density at radius 3 is 2.54 bits per heavy atom. The molecule has 1 fully saturated rings. The first-order valence-corrected chi connectivity index (χ1v) is 11.6. The number of amides is 1. The molecule has 2 unspecified atom stereocenters. The first kappa shape index (κ1) is 20.9. The number of hydrogen-bond acceptors (Lipinski definition) is 6. The molecule has 0 spiro atoms. The molecule has 3 rings (SSSR count). The lowest BCUT2D eigenvalue weighted by molar-refractivity contribution is -0.0440. The second-order valence-corrected chi connectivity index (χ2v) is 10.0. The number of morpholine rings is 1. The molecule has 1 N–H and O–H groups in total. The highest BCUT2D eigenvalue weighted by molar-refractivity contribution is 7.89. The van der Waals surface area contributed by atoms with Crippen molar-refractivity contribution >= 4 is 27.3 Å². The summed E-state index contributed by atoms with van der Waals surface area (Å²) < 4.78 is 32.2. The Morgan fingerprint density at radius 1 is 1.25 bits per heavy atom. The van der Waals surface area contributed by atoms with Crippen LogP contribution in [0.2, 0.25) is 0 Å². The van der Waals surface area contributed by atoms with E-state index in [4.69, 9.17) is 4.74 Å². The molecule has 28 heavy (non-hydrogen) atoms. The number of sulfonamides is 1. The molecule has 0 saturated carbocycles. The largest absolute Gasteiger partial charge is 0.373 e. The van der Waals surface area contributed by atoms with Crippen molar-refractivity contribution in [2.75, 3.05) is 25.4 Å². The SMILES string of the molecule is Cc1nc(-c2ccccc2)sc1C(=O)NCCS(=O)(=O)N1CC(C)OC(C)C1. The van der Waals surface area contributed by atoms with Gasteiger partial charge in [-0.3, -0.25) is 4.79 Å². The third-order valence-electron chi connectivity index (χ3n) is 4.45. The van der Waals surface area contributed by atoms with Crippen molar-refractivity contribution in [2.24, 2.45) is 0 Å². The number of hydrogen-bond donors (Lipinski definition) is 1. The van der Waals surface area contributed by atoms with Gasteiger partial charge in [0.2, 0.25) is 10.0 Å². The van der Waals surface area contributed by atoms with Crippen LogP contribution in [-0.2, 0) is 14.8 Å². The summed E-state index contributed by atoms with van der Waals surface area (Å²) in [6.45, 7) is 6.24. The maximum absolute atomic E-state index is 12.6. The fourth-order valence-corrected chi connectivity index (χ4v) is 5.65. The van der Waals surface area contributed by atoms with E-state index in [0.29, 0.717) is 23.7 Å². The standard InChI is InChI=1S/C19H25N3O4S2/c1-13-11-22(12-14(2)26-13)28(24,25)10-9-20-18(23)17-15(3)21-19(27-17)16-7-5-4-6-8-16/h4-8,13-14H,9-12H2,1-3H3,(H,20,23). The summed E-state index contributed by atoms with van der Waals surface area (Å²) in [4.78, 5) is 17.5. The fourth-order valence-electron chi connectivity index (χ4n) is 3.17. The molecule has 9 heteroatoms. The summed E-state index contributed by atoms with van der Waals surface area (Å²) in [5, 5.41) is 3.49. The predicted molar refractivity (Wildman–Crippen MR) is 110 cm³/mol. The van der Waals surface area contributed by atoms with Crippen molar-refractivity contribution in [3.8, 4) is 10.6 Å². The van der Waals surface area contributed by atoms with Crippen LogP contribution >= 0.6 is 11.3 Å². The Hall–Kier alpha value is -1.81. The van der Waals surface area contributed by atoms with Crippen molar-refractivity contribution in [1.82, 2.24) is 14.6 Å². The van der Waals surface area contributed by atoms with Crippen molar-refractivity contribution in [3.63, 3.8) is 0 Å². The molecule has 7 nitrogen and oxygen atoms in total. The minimum Gasteiger partial charge on any atom is -0.373 e. The zero-order valence-corrected chi connectivity index (χ0v) is 17.8. The lowest BCUT2D eigenvalue weighted by Gasteiger charge is -2.34. The van der Waals surface area contributed by atoms with Crippen LogP contribution < -0.4 is 5.32 Å². The number of nitrogens with zero attached hydrogens (tertiary/aromatic N) is 2. The summed E-state index contributed by atoms with van der Waals surface area (Å²) in [7, 11) is -3.45. The first-order valence-electron chi connectivity index (χ1n) is 9.20. The molecular weight excluding hydrogens is 398 g/mol. The van der Waals surface area contributed by atoms with Crippen LogP contribution in [0.5, 0.6) is 0 Å². The maximum atomic E-state index is 12.6. The highest BCUT2D eigenvalue weighted by Gasteiger charge is 2.30. The summed E-state index contributed by atoms with van der Waals surface area (Å²) in [5.41, 5.74) is 1.59. The van der Waals surface area contributed by atoms with E-state index in [0.717, 1.165) is 10.6 Å². The lowest BCUT2D eigenvalue weighted by Crippen LogP contribution is -2.49. The Bertz CT molecular complexity index is 918. The molecule has 1 saturated heterocycles. The number of nitrogens with one attached hydrogen (secondary N) is 1. The summed E-state index contributed by atoms with van der Waals surface area (Å²) in [5.74, 6) is -0.433. The van der Waals surface area contributed by atoms with Gasteiger partial charge in [-0.2, -0.15) is 4.31 Å². The zero-order valence-electron chi connectivity index (χ0n) is 16.2. The van der Waals surface area contributed by atoms with Crippen molar-refractivity contribution < 1.29 is 17.9 Å². The Morgan fingerprint density at radius 2 is 1.89 bits per heavy atom. The molecule has 2 aromatic rings. The summed E-state index contributed by atoms with van der Waals surface area (Å²) in [6, 6.07) is 9.65. The van der Waals surface area contributed by atoms with Crippen molar-refractivity contribution in [3.05, 3.63) is 40.9 Å². The van der Waals surface area contributed by atoms with E-state index in [1.54, 1.807) is 6.92 Å². The van der Waals surface area contributed by atoms with Crippen LogP contribution in [0, 0.1) is 6.92 Å². The molecule has 1 aliphatic rings. The molecule has 0 radical (unpaired) electrons. The summed E-state index contributed by atoms with van der Waals surface area (Å²) in [6.07, 6.45) is -0.270. The third-order valence-corrected chi connectivity index (χ3v) is 7.46. The number of thiazole rings is 1. The number of aryl methyl sites for hydroxylation is 1. The van der Waals surface area contributed by atoms with Crippen molar-refractivity contribution in [2.45, 2.75) is 33.0 Å². The molecule has 152 valence electrons. The molecule has 1 aromatic carbocycles. The van der Waals surface area contributed by atoms with E-state index in [2.05, 4.69) is 10.3 Å². The topological polar surface area (TPSA) is 88.6 Å². The first-order chi connectivity index (χ1) is 13.3. The van der Waals surface area contributed by atoms with E-state index in [-0.39, 0.29) is 30.4 Å². The number of benzene rings is 1. The van der Waals surface area contributed by atoms with Gasteiger partial charge in [-0.1, -0.05) is 30.3 Å². The lowest BCUT2D eigenvalue weighted by atomic mass is 10.2. The molecule has 0 bridgehead atoms. The van der Waals surface area contributed by atoms with Gasteiger partial charge in [-0.05, 0) is 20.8 Å². The van der Waals surface area contributed by atoms with Crippen LogP contribution in [-0.4, -0.2) is 61.2 Å². The number of aromatic nitrogens is 1. The second kappa shape index (κ2) is 8.69.